The Morgan fingerprint density at radius 1 is 0.469 bits per heavy atom. The summed E-state index contributed by atoms with van der Waals surface area (Å²) in [6, 6.07) is 29.8. The lowest BCUT2D eigenvalue weighted by Crippen LogP contribution is -2.50. The predicted octanol–water partition coefficient (Wildman–Crippen LogP) is 4.60. The normalized spacial score (nSPS) is 19.4. The number of nitrogens with one attached hydrogen (secondary N) is 7. The van der Waals surface area contributed by atoms with Gasteiger partial charge >= 0.3 is 12.2 Å². The molecule has 0 spiro atoms. The molecule has 6 amide bonds. The van der Waals surface area contributed by atoms with Crippen LogP contribution in [0.1, 0.15) is 79.0 Å². The van der Waals surface area contributed by atoms with Crippen LogP contribution in [0.5, 0.6) is 0 Å². The Bertz CT molecular complexity index is 2050. The van der Waals surface area contributed by atoms with Crippen molar-refractivity contribution >= 4 is 35.8 Å². The number of carbonyl (C=O) groups is 6. The van der Waals surface area contributed by atoms with Gasteiger partial charge in [0.25, 0.3) is 0 Å². The van der Waals surface area contributed by atoms with Gasteiger partial charge in [0.2, 0.25) is 23.6 Å². The summed E-state index contributed by atoms with van der Waals surface area (Å²) in [5.41, 5.74) is 8.49. The van der Waals surface area contributed by atoms with Gasteiger partial charge in [-0.25, -0.2) is 9.59 Å². The predicted molar refractivity (Wildman–Crippen MR) is 241 cm³/mol. The zero-order chi connectivity index (χ0) is 44.7. The second kappa shape index (κ2) is 22.6. The van der Waals surface area contributed by atoms with E-state index in [9.17, 15) is 28.8 Å². The molecule has 3 aliphatic rings. The highest BCUT2D eigenvalue weighted by Gasteiger charge is 2.32. The molecule has 0 aromatic heterocycles. The number of hydrogen-bond donors (Lipinski definition) is 7. The summed E-state index contributed by atoms with van der Waals surface area (Å²) in [5.74, 6) is -2.25. The smallest absolute Gasteiger partial charge is 0.407 e. The SMILES string of the molecule is O=C1CNC(=O)C(NC(=O)OCC2c3ccccc3-c3ccccc32)CCCC[C@H](NC(=O)OCC2c3ccccc3-c3ccccc32)C(=O)NCC(=O)NCCCNCCCCN1. The summed E-state index contributed by atoms with van der Waals surface area (Å²) >= 11 is 0. The van der Waals surface area contributed by atoms with E-state index >= 15 is 0 Å². The molecule has 1 fully saturated rings. The average Bonchev–Trinajstić information content (AvgIpc) is 3.81. The number of carbonyl (C=O) groups excluding carboxylic acids is 6. The zero-order valence-corrected chi connectivity index (χ0v) is 35.9. The largest absolute Gasteiger partial charge is 0.449 e. The van der Waals surface area contributed by atoms with Crippen LogP contribution < -0.4 is 37.2 Å². The molecule has 0 bridgehead atoms. The van der Waals surface area contributed by atoms with Crippen molar-refractivity contribution in [2.24, 2.45) is 0 Å². The summed E-state index contributed by atoms with van der Waals surface area (Å²) in [5, 5.41) is 19.6. The second-order valence-corrected chi connectivity index (χ2v) is 16.3. The first kappa shape index (κ1) is 45.3. The van der Waals surface area contributed by atoms with Crippen molar-refractivity contribution in [1.82, 2.24) is 37.2 Å². The molecule has 4 aromatic carbocycles. The van der Waals surface area contributed by atoms with Gasteiger partial charge in [0.05, 0.1) is 13.1 Å². The highest BCUT2D eigenvalue weighted by Crippen LogP contribution is 2.45. The fraction of sp³-hybridized carbons (Fsp3) is 0.388. The Hall–Kier alpha value is -6.74. The number of fused-ring (bicyclic) bond motifs is 6. The molecule has 64 heavy (non-hydrogen) atoms. The van der Waals surface area contributed by atoms with Crippen LogP contribution in [0, 0.1) is 0 Å². The Kier molecular flexibility index (Phi) is 16.0. The van der Waals surface area contributed by atoms with Crippen molar-refractivity contribution in [1.29, 1.82) is 0 Å². The first-order chi connectivity index (χ1) is 31.3. The average molecular weight is 872 g/mol. The van der Waals surface area contributed by atoms with E-state index in [1.54, 1.807) is 0 Å². The molecular weight excluding hydrogens is 815 g/mol. The lowest BCUT2D eigenvalue weighted by atomic mass is 9.98. The van der Waals surface area contributed by atoms with Crippen LogP contribution in [0.25, 0.3) is 22.3 Å². The quantitative estimate of drug-likeness (QED) is 0.145. The molecule has 15 heteroatoms. The lowest BCUT2D eigenvalue weighted by molar-refractivity contribution is -0.127. The van der Waals surface area contributed by atoms with Gasteiger partial charge in [-0.05, 0) is 89.7 Å². The molecule has 0 saturated carbocycles. The molecule has 1 aliphatic heterocycles. The minimum atomic E-state index is -1.08. The van der Waals surface area contributed by atoms with Gasteiger partial charge in [-0.1, -0.05) is 110 Å². The fourth-order valence-corrected chi connectivity index (χ4v) is 8.67. The highest BCUT2D eigenvalue weighted by atomic mass is 16.6. The summed E-state index contributed by atoms with van der Waals surface area (Å²) in [4.78, 5) is 79.2. The van der Waals surface area contributed by atoms with Crippen molar-refractivity contribution in [3.05, 3.63) is 119 Å². The molecule has 1 saturated heterocycles. The van der Waals surface area contributed by atoms with E-state index in [2.05, 4.69) is 37.2 Å². The first-order valence-electron chi connectivity index (χ1n) is 22.3. The Morgan fingerprint density at radius 2 is 0.828 bits per heavy atom. The molecule has 7 rings (SSSR count). The van der Waals surface area contributed by atoms with Gasteiger partial charge in [0.1, 0.15) is 25.3 Å². The van der Waals surface area contributed by atoms with Gasteiger partial charge in [-0.3, -0.25) is 19.2 Å². The van der Waals surface area contributed by atoms with Crippen LogP contribution in [-0.2, 0) is 28.7 Å². The van der Waals surface area contributed by atoms with E-state index in [0.29, 0.717) is 38.9 Å². The van der Waals surface area contributed by atoms with Gasteiger partial charge in [-0.2, -0.15) is 0 Å². The Labute approximate surface area is 373 Å². The van der Waals surface area contributed by atoms with Crippen LogP contribution in [0.3, 0.4) is 0 Å². The van der Waals surface area contributed by atoms with Crippen molar-refractivity contribution in [2.75, 3.05) is 52.5 Å². The van der Waals surface area contributed by atoms with Crippen LogP contribution >= 0.6 is 0 Å². The third kappa shape index (κ3) is 11.8. The second-order valence-electron chi connectivity index (χ2n) is 16.3. The number of alkyl carbamates (subject to hydrolysis) is 2. The molecule has 336 valence electrons. The number of ether oxygens (including phenoxy) is 2. The minimum absolute atomic E-state index is 0.0435. The maximum absolute atomic E-state index is 13.6. The first-order valence-corrected chi connectivity index (χ1v) is 22.3. The third-order valence-corrected chi connectivity index (χ3v) is 11.9. The van der Waals surface area contributed by atoms with E-state index in [1.165, 1.54) is 0 Å². The number of hydrogen-bond acceptors (Lipinski definition) is 9. The fourth-order valence-electron chi connectivity index (χ4n) is 8.67. The number of benzene rings is 4. The molecule has 1 unspecified atom stereocenters. The maximum atomic E-state index is 13.6. The van der Waals surface area contributed by atoms with E-state index in [4.69, 9.17) is 9.47 Å². The van der Waals surface area contributed by atoms with Crippen molar-refractivity contribution in [3.63, 3.8) is 0 Å². The molecule has 4 aromatic rings. The van der Waals surface area contributed by atoms with Crippen LogP contribution in [0.2, 0.25) is 0 Å². The highest BCUT2D eigenvalue weighted by molar-refractivity contribution is 5.90. The lowest BCUT2D eigenvalue weighted by Gasteiger charge is -2.21. The molecule has 7 N–H and O–H groups in total. The number of amides is 6. The van der Waals surface area contributed by atoms with Crippen molar-refractivity contribution in [3.8, 4) is 22.3 Å². The van der Waals surface area contributed by atoms with Crippen LogP contribution in [-0.4, -0.2) is 100 Å². The Morgan fingerprint density at radius 3 is 1.25 bits per heavy atom. The van der Waals surface area contributed by atoms with Crippen LogP contribution in [0.15, 0.2) is 97.1 Å². The summed E-state index contributed by atoms with van der Waals surface area (Å²) in [6.07, 6.45) is 1.56. The zero-order valence-electron chi connectivity index (χ0n) is 35.9. The number of rotatable bonds is 6. The standard InChI is InChI=1S/C49H57N7O8/c57-44-28-53-46(59)42(55-48(61)63-30-40-36-18-5-1-14-32(36)33-15-2-6-19-37(33)40)22-9-10-23-43(47(60)54-29-45(58)52-27-13-25-50-24-11-12-26-51-44)56-49(62)64-31-41-38-20-7-3-16-34(38)35-17-4-8-21-39(35)41/h1-8,14-21,40-43,50H,9-13,22-31H2,(H,51,57)(H,52,58)(H,53,59)(H,54,60)(H,55,61)(H,56,62)/t42?,43-/m0/s1. The van der Waals surface area contributed by atoms with Gasteiger partial charge in [-0.15, -0.1) is 0 Å². The molecule has 1 heterocycles. The summed E-state index contributed by atoms with van der Waals surface area (Å²) < 4.78 is 11.5. The van der Waals surface area contributed by atoms with Crippen molar-refractivity contribution in [2.45, 2.75) is 68.9 Å². The topological polar surface area (TPSA) is 205 Å². The Balaban J connectivity index is 0.995. The van der Waals surface area contributed by atoms with Crippen molar-refractivity contribution < 1.29 is 38.2 Å². The maximum Gasteiger partial charge on any atom is 0.407 e. The van der Waals surface area contributed by atoms with Gasteiger partial charge < -0.3 is 46.7 Å². The molecule has 2 atom stereocenters. The van der Waals surface area contributed by atoms with E-state index < -0.39 is 36.1 Å². The molecule has 2 aliphatic carbocycles. The summed E-state index contributed by atoms with van der Waals surface area (Å²) in [6.45, 7) is 1.76. The van der Waals surface area contributed by atoms with Crippen LogP contribution in [0.4, 0.5) is 9.59 Å². The third-order valence-electron chi connectivity index (χ3n) is 11.9. The van der Waals surface area contributed by atoms with E-state index in [0.717, 1.165) is 63.9 Å². The molecule has 15 nitrogen and oxygen atoms in total. The van der Waals surface area contributed by atoms with E-state index in [1.807, 2.05) is 97.1 Å². The monoisotopic (exact) mass is 871 g/mol. The molecular formula is C49H57N7O8. The minimum Gasteiger partial charge on any atom is -0.449 e. The molecule has 0 radical (unpaired) electrons. The van der Waals surface area contributed by atoms with Gasteiger partial charge in [0, 0.05) is 24.9 Å². The van der Waals surface area contributed by atoms with Gasteiger partial charge in [0.15, 0.2) is 0 Å². The summed E-state index contributed by atoms with van der Waals surface area (Å²) in [7, 11) is 0. The van der Waals surface area contributed by atoms with E-state index in [-0.39, 0.29) is 62.8 Å².